The van der Waals surface area contributed by atoms with E-state index in [-0.39, 0.29) is 24.3 Å². The average molecular weight is 499 g/mol. The summed E-state index contributed by atoms with van der Waals surface area (Å²) in [6.07, 6.45) is 5.75. The van der Waals surface area contributed by atoms with Crippen molar-refractivity contribution in [2.75, 3.05) is 11.5 Å². The Morgan fingerprint density at radius 2 is 1.33 bits per heavy atom. The number of carbonyl (C=O) groups excluding carboxylic acids is 3. The summed E-state index contributed by atoms with van der Waals surface area (Å²) >= 11 is 8.07. The molecule has 0 saturated heterocycles. The number of H-pyrrole nitrogens is 2. The molecule has 0 aliphatic rings. The van der Waals surface area contributed by atoms with E-state index < -0.39 is 47.9 Å². The molecular formula is C18H26N8O5S2. The van der Waals surface area contributed by atoms with Crippen LogP contribution in [0.4, 0.5) is 0 Å². The summed E-state index contributed by atoms with van der Waals surface area (Å²) in [6.45, 7) is 0. The molecule has 0 aliphatic heterocycles. The molecule has 2 aromatic rings. The van der Waals surface area contributed by atoms with Crippen molar-refractivity contribution in [3.63, 3.8) is 0 Å². The lowest BCUT2D eigenvalue weighted by atomic mass is 10.1. The Morgan fingerprint density at radius 1 is 0.848 bits per heavy atom. The van der Waals surface area contributed by atoms with E-state index in [1.54, 1.807) is 0 Å². The van der Waals surface area contributed by atoms with Crippen LogP contribution in [0.1, 0.15) is 11.4 Å². The second-order valence-corrected chi connectivity index (χ2v) is 7.79. The van der Waals surface area contributed by atoms with Gasteiger partial charge in [-0.2, -0.15) is 25.3 Å². The van der Waals surface area contributed by atoms with Crippen molar-refractivity contribution in [2.24, 2.45) is 5.73 Å². The molecule has 0 fully saturated rings. The number of hydrogen-bond donors (Lipinski definition) is 9. The number of hydrogen-bond acceptors (Lipinski definition) is 9. The smallest absolute Gasteiger partial charge is 0.326 e. The van der Waals surface area contributed by atoms with Crippen molar-refractivity contribution in [1.82, 2.24) is 35.9 Å². The van der Waals surface area contributed by atoms with Gasteiger partial charge in [0.2, 0.25) is 17.7 Å². The van der Waals surface area contributed by atoms with Gasteiger partial charge in [0.15, 0.2) is 0 Å². The Balaban J connectivity index is 2.07. The number of nitrogens with one attached hydrogen (secondary N) is 5. The highest BCUT2D eigenvalue weighted by atomic mass is 32.1. The third kappa shape index (κ3) is 8.11. The van der Waals surface area contributed by atoms with Crippen LogP contribution in [0.5, 0.6) is 0 Å². The molecule has 2 aromatic heterocycles. The van der Waals surface area contributed by atoms with Gasteiger partial charge in [0.1, 0.15) is 18.1 Å². The predicted octanol–water partition coefficient (Wildman–Crippen LogP) is -2.36. The first-order valence-electron chi connectivity index (χ1n) is 9.80. The number of carbonyl (C=O) groups is 4. The van der Waals surface area contributed by atoms with Gasteiger partial charge in [-0.1, -0.05) is 0 Å². The second-order valence-electron chi connectivity index (χ2n) is 7.06. The molecule has 0 bridgehead atoms. The largest absolute Gasteiger partial charge is 0.480 e. The minimum Gasteiger partial charge on any atom is -0.480 e. The van der Waals surface area contributed by atoms with E-state index in [0.717, 1.165) is 0 Å². The topological polar surface area (TPSA) is 208 Å². The molecule has 15 heteroatoms. The summed E-state index contributed by atoms with van der Waals surface area (Å²) in [5.41, 5.74) is 6.75. The maximum absolute atomic E-state index is 12.9. The molecular weight excluding hydrogens is 472 g/mol. The summed E-state index contributed by atoms with van der Waals surface area (Å²) in [6, 6.07) is -4.44. The molecule has 0 aliphatic carbocycles. The lowest BCUT2D eigenvalue weighted by Gasteiger charge is -2.24. The molecule has 0 saturated carbocycles. The highest BCUT2D eigenvalue weighted by Crippen LogP contribution is 2.03. The molecule has 0 spiro atoms. The van der Waals surface area contributed by atoms with Gasteiger partial charge in [-0.05, 0) is 0 Å². The molecule has 0 radical (unpaired) electrons. The minimum absolute atomic E-state index is 0.0333. The minimum atomic E-state index is -1.26. The van der Waals surface area contributed by atoms with Crippen LogP contribution >= 0.6 is 25.3 Å². The van der Waals surface area contributed by atoms with Crippen molar-refractivity contribution >= 4 is 48.9 Å². The second kappa shape index (κ2) is 12.9. The monoisotopic (exact) mass is 498 g/mol. The van der Waals surface area contributed by atoms with E-state index >= 15 is 0 Å². The number of aromatic amines is 2. The van der Waals surface area contributed by atoms with E-state index in [1.165, 1.54) is 25.0 Å². The normalized spacial score (nSPS) is 14.5. The van der Waals surface area contributed by atoms with Crippen LogP contribution in [0.15, 0.2) is 25.0 Å². The number of amides is 3. The van der Waals surface area contributed by atoms with Crippen LogP contribution < -0.4 is 21.7 Å². The maximum atomic E-state index is 12.9. The number of aliphatic carboxylic acids is 1. The van der Waals surface area contributed by atoms with Crippen molar-refractivity contribution < 1.29 is 24.3 Å². The first kappa shape index (κ1) is 26.2. The Labute approximate surface area is 199 Å². The van der Waals surface area contributed by atoms with E-state index in [0.29, 0.717) is 11.4 Å². The fourth-order valence-electron chi connectivity index (χ4n) is 2.74. The Kier molecular flexibility index (Phi) is 10.2. The van der Waals surface area contributed by atoms with E-state index in [4.69, 9.17) is 5.73 Å². The molecule has 2 heterocycles. The lowest BCUT2D eigenvalue weighted by Crippen LogP contribution is -2.58. The summed E-state index contributed by atoms with van der Waals surface area (Å²) in [5.74, 6) is -3.33. The molecule has 4 atom stereocenters. The number of carboxylic acids is 1. The molecule has 3 amide bonds. The van der Waals surface area contributed by atoms with Crippen LogP contribution in [-0.4, -0.2) is 84.4 Å². The first-order valence-corrected chi connectivity index (χ1v) is 11.1. The number of nitrogens with zero attached hydrogens (tertiary/aromatic N) is 2. The predicted molar refractivity (Wildman–Crippen MR) is 124 cm³/mol. The van der Waals surface area contributed by atoms with Crippen molar-refractivity contribution in [3.05, 3.63) is 36.4 Å². The third-order valence-corrected chi connectivity index (χ3v) is 5.31. The quantitative estimate of drug-likeness (QED) is 0.136. The van der Waals surface area contributed by atoms with Crippen molar-refractivity contribution in [1.29, 1.82) is 0 Å². The van der Waals surface area contributed by atoms with Crippen LogP contribution in [0, 0.1) is 0 Å². The van der Waals surface area contributed by atoms with Gasteiger partial charge in [0.25, 0.3) is 0 Å². The number of carboxylic acid groups (broad SMARTS) is 1. The highest BCUT2D eigenvalue weighted by Gasteiger charge is 2.30. The summed E-state index contributed by atoms with van der Waals surface area (Å²) in [7, 11) is 0. The van der Waals surface area contributed by atoms with Crippen molar-refractivity contribution in [3.8, 4) is 0 Å². The van der Waals surface area contributed by atoms with Crippen molar-refractivity contribution in [2.45, 2.75) is 37.0 Å². The van der Waals surface area contributed by atoms with Gasteiger partial charge >= 0.3 is 5.97 Å². The Morgan fingerprint density at radius 3 is 1.79 bits per heavy atom. The number of rotatable bonds is 13. The van der Waals surface area contributed by atoms with Gasteiger partial charge < -0.3 is 36.8 Å². The zero-order valence-electron chi connectivity index (χ0n) is 17.4. The van der Waals surface area contributed by atoms with Crippen LogP contribution in [0.2, 0.25) is 0 Å². The van der Waals surface area contributed by atoms with Gasteiger partial charge in [-0.25, -0.2) is 14.8 Å². The van der Waals surface area contributed by atoms with Gasteiger partial charge in [-0.15, -0.1) is 0 Å². The molecule has 0 aromatic carbocycles. The zero-order chi connectivity index (χ0) is 24.4. The molecule has 0 unspecified atom stereocenters. The average Bonchev–Trinajstić information content (AvgIpc) is 3.49. The molecule has 13 nitrogen and oxygen atoms in total. The fraction of sp³-hybridized carbons (Fsp3) is 0.444. The Bertz CT molecular complexity index is 924. The maximum Gasteiger partial charge on any atom is 0.326 e. The molecule has 180 valence electrons. The van der Waals surface area contributed by atoms with Gasteiger partial charge in [-0.3, -0.25) is 14.4 Å². The van der Waals surface area contributed by atoms with Crippen LogP contribution in [0.3, 0.4) is 0 Å². The number of imidazole rings is 2. The zero-order valence-corrected chi connectivity index (χ0v) is 19.2. The van der Waals surface area contributed by atoms with E-state index in [1.807, 2.05) is 0 Å². The van der Waals surface area contributed by atoms with E-state index in [9.17, 15) is 24.3 Å². The van der Waals surface area contributed by atoms with Crippen LogP contribution in [-0.2, 0) is 32.0 Å². The Hall–Kier alpha value is -3.04. The number of thiol groups is 2. The van der Waals surface area contributed by atoms with Gasteiger partial charge in [0, 0.05) is 48.1 Å². The molecule has 2 rings (SSSR count). The first-order chi connectivity index (χ1) is 15.7. The number of aromatic nitrogens is 4. The standard InChI is InChI=1S/C18H26N8O5S2/c19-11(5-32)15(27)24-12(1-9-3-20-7-22-9)16(28)26-14(6-33)17(29)25-13(18(30)31)2-10-4-21-8-23-10/h3-4,7-8,11-14,32-33H,1-2,5-6,19H2,(H,20,22)(H,21,23)(H,24,27)(H,25,29)(H,26,28)(H,30,31)/t11-,12-,13-,14-/m0/s1. The lowest BCUT2D eigenvalue weighted by molar-refractivity contribution is -0.142. The summed E-state index contributed by atoms with van der Waals surface area (Å²) < 4.78 is 0. The SMILES string of the molecule is N[C@@H](CS)C(=O)N[C@@H](Cc1cnc[nH]1)C(=O)N[C@@H](CS)C(=O)N[C@@H](Cc1cnc[nH]1)C(=O)O. The van der Waals surface area contributed by atoms with Crippen LogP contribution in [0.25, 0.3) is 0 Å². The summed E-state index contributed by atoms with van der Waals surface area (Å²) in [5, 5.41) is 16.8. The highest BCUT2D eigenvalue weighted by molar-refractivity contribution is 7.80. The fourth-order valence-corrected chi connectivity index (χ4v) is 3.17. The summed E-state index contributed by atoms with van der Waals surface area (Å²) in [4.78, 5) is 62.6. The van der Waals surface area contributed by atoms with Gasteiger partial charge in [0.05, 0.1) is 18.7 Å². The third-order valence-electron chi connectivity index (χ3n) is 4.55. The molecule has 33 heavy (non-hydrogen) atoms. The van der Waals surface area contributed by atoms with E-state index in [2.05, 4.69) is 61.1 Å². The number of nitrogens with two attached hydrogens (primary N) is 1. The molecule has 8 N–H and O–H groups in total.